The highest BCUT2D eigenvalue weighted by Crippen LogP contribution is 2.14. The molecule has 11 heavy (non-hydrogen) atoms. The summed E-state index contributed by atoms with van der Waals surface area (Å²) >= 11 is 0. The lowest BCUT2D eigenvalue weighted by molar-refractivity contribution is 0.424. The summed E-state index contributed by atoms with van der Waals surface area (Å²) in [6.45, 7) is 10.3. The van der Waals surface area contributed by atoms with E-state index in [1.807, 2.05) is 6.08 Å². The van der Waals surface area contributed by atoms with Crippen LogP contribution in [0.15, 0.2) is 24.4 Å². The summed E-state index contributed by atoms with van der Waals surface area (Å²) in [5.41, 5.74) is 6.01. The molecule has 0 aromatic heterocycles. The Kier molecular flexibility index (Phi) is 4.67. The lowest BCUT2D eigenvalue weighted by Gasteiger charge is -2.11. The second-order valence-corrected chi connectivity index (χ2v) is 3.43. The fourth-order valence-electron chi connectivity index (χ4n) is 0.706. The molecule has 0 radical (unpaired) electrons. The summed E-state index contributed by atoms with van der Waals surface area (Å²) in [7, 11) is 0. The van der Waals surface area contributed by atoms with Crippen molar-refractivity contribution in [1.29, 1.82) is 0 Å². The summed E-state index contributed by atoms with van der Waals surface area (Å²) in [4.78, 5) is 0. The first-order valence-corrected chi connectivity index (χ1v) is 4.15. The fourth-order valence-corrected chi connectivity index (χ4v) is 0.706. The van der Waals surface area contributed by atoms with Crippen LogP contribution < -0.4 is 5.73 Å². The van der Waals surface area contributed by atoms with Crippen LogP contribution in [0.4, 0.5) is 0 Å². The number of rotatable bonds is 4. The summed E-state index contributed by atoms with van der Waals surface area (Å²) in [5, 5.41) is 0. The van der Waals surface area contributed by atoms with Crippen molar-refractivity contribution < 1.29 is 0 Å². The zero-order valence-corrected chi connectivity index (χ0v) is 7.80. The van der Waals surface area contributed by atoms with Gasteiger partial charge in [-0.15, -0.1) is 0 Å². The van der Waals surface area contributed by atoms with Gasteiger partial charge in [-0.1, -0.05) is 33.4 Å². The van der Waals surface area contributed by atoms with Gasteiger partial charge in [0.1, 0.15) is 0 Å². The normalized spacial score (nSPS) is 14.2. The largest absolute Gasteiger partial charge is 0.399 e. The van der Waals surface area contributed by atoms with Gasteiger partial charge in [0.15, 0.2) is 0 Å². The highest BCUT2D eigenvalue weighted by atomic mass is 14.5. The third-order valence-corrected chi connectivity index (χ3v) is 1.98. The van der Waals surface area contributed by atoms with E-state index in [-0.39, 0.29) is 0 Å². The van der Waals surface area contributed by atoms with Crippen molar-refractivity contribution in [1.82, 2.24) is 0 Å². The van der Waals surface area contributed by atoms with Crippen LogP contribution >= 0.6 is 0 Å². The predicted octanol–water partition coefficient (Wildman–Crippen LogP) is 2.70. The van der Waals surface area contributed by atoms with Gasteiger partial charge in [-0.05, 0) is 24.3 Å². The molecule has 1 unspecified atom stereocenters. The zero-order chi connectivity index (χ0) is 8.85. The smallest absolute Gasteiger partial charge is 0.0237 e. The number of hydrogen-bond donors (Lipinski definition) is 1. The van der Waals surface area contributed by atoms with Crippen LogP contribution in [0.2, 0.25) is 0 Å². The predicted molar refractivity (Wildman–Crippen MR) is 51.1 cm³/mol. The molecule has 0 rings (SSSR count). The summed E-state index contributed by atoms with van der Waals surface area (Å²) in [6, 6.07) is 0. The van der Waals surface area contributed by atoms with Crippen LogP contribution in [0.3, 0.4) is 0 Å². The molecular formula is C10H19N. The molecule has 0 saturated heterocycles. The van der Waals surface area contributed by atoms with Gasteiger partial charge in [0, 0.05) is 5.70 Å². The maximum absolute atomic E-state index is 5.37. The van der Waals surface area contributed by atoms with Crippen LogP contribution in [0.5, 0.6) is 0 Å². The Bertz CT molecular complexity index is 145. The maximum atomic E-state index is 5.37. The van der Waals surface area contributed by atoms with Gasteiger partial charge in [0.25, 0.3) is 0 Å². The fraction of sp³-hybridized carbons (Fsp3) is 0.600. The molecule has 0 fully saturated rings. The molecule has 64 valence electrons. The Hall–Kier alpha value is -0.720. The van der Waals surface area contributed by atoms with Gasteiger partial charge in [-0.25, -0.2) is 0 Å². The SMILES string of the molecule is C=C(N)/C=C\CC(C)C(C)C. The first-order valence-electron chi connectivity index (χ1n) is 4.15. The van der Waals surface area contributed by atoms with Crippen LogP contribution in [-0.4, -0.2) is 0 Å². The van der Waals surface area contributed by atoms with Gasteiger partial charge < -0.3 is 5.73 Å². The standard InChI is InChI=1S/C10H19N/c1-8(2)9(3)6-5-7-10(4)11/h5,7-9H,4,6,11H2,1-3H3/b7-5-. The van der Waals surface area contributed by atoms with Crippen LogP contribution in [-0.2, 0) is 0 Å². The van der Waals surface area contributed by atoms with Gasteiger partial charge >= 0.3 is 0 Å². The van der Waals surface area contributed by atoms with Crippen LogP contribution in [0.25, 0.3) is 0 Å². The molecule has 1 nitrogen and oxygen atoms in total. The quantitative estimate of drug-likeness (QED) is 0.617. The highest BCUT2D eigenvalue weighted by molar-refractivity contribution is 5.09. The molecule has 1 heteroatoms. The molecule has 0 amide bonds. The molecule has 0 spiro atoms. The average Bonchev–Trinajstić information content (AvgIpc) is 1.86. The van der Waals surface area contributed by atoms with Gasteiger partial charge in [0.2, 0.25) is 0 Å². The first kappa shape index (κ1) is 10.3. The van der Waals surface area contributed by atoms with Crippen molar-refractivity contribution in [2.24, 2.45) is 17.6 Å². The lowest BCUT2D eigenvalue weighted by atomic mass is 9.95. The molecule has 1 atom stereocenters. The second-order valence-electron chi connectivity index (χ2n) is 3.43. The van der Waals surface area contributed by atoms with E-state index in [1.54, 1.807) is 0 Å². The van der Waals surface area contributed by atoms with E-state index in [9.17, 15) is 0 Å². The van der Waals surface area contributed by atoms with E-state index in [1.165, 1.54) is 0 Å². The summed E-state index contributed by atoms with van der Waals surface area (Å²) in [6.07, 6.45) is 5.06. The molecule has 0 saturated carbocycles. The molecular weight excluding hydrogens is 134 g/mol. The van der Waals surface area contributed by atoms with Crippen molar-refractivity contribution in [2.75, 3.05) is 0 Å². The molecule has 0 aliphatic rings. The monoisotopic (exact) mass is 153 g/mol. The third kappa shape index (κ3) is 5.71. The lowest BCUT2D eigenvalue weighted by Crippen LogP contribution is -2.01. The van der Waals surface area contributed by atoms with E-state index in [2.05, 4.69) is 33.4 Å². The molecule has 0 aliphatic heterocycles. The van der Waals surface area contributed by atoms with Crippen LogP contribution in [0.1, 0.15) is 27.2 Å². The van der Waals surface area contributed by atoms with E-state index in [0.29, 0.717) is 5.70 Å². The van der Waals surface area contributed by atoms with Crippen molar-refractivity contribution in [3.05, 3.63) is 24.4 Å². The van der Waals surface area contributed by atoms with E-state index in [4.69, 9.17) is 5.73 Å². The minimum Gasteiger partial charge on any atom is -0.399 e. The van der Waals surface area contributed by atoms with Gasteiger partial charge in [-0.2, -0.15) is 0 Å². The first-order chi connectivity index (χ1) is 5.04. The third-order valence-electron chi connectivity index (χ3n) is 1.98. The second kappa shape index (κ2) is 5.00. The van der Waals surface area contributed by atoms with E-state index in [0.717, 1.165) is 18.3 Å². The van der Waals surface area contributed by atoms with Crippen molar-refractivity contribution >= 4 is 0 Å². The Morgan fingerprint density at radius 3 is 2.36 bits per heavy atom. The Morgan fingerprint density at radius 2 is 2.00 bits per heavy atom. The van der Waals surface area contributed by atoms with Gasteiger partial charge in [0.05, 0.1) is 0 Å². The Morgan fingerprint density at radius 1 is 1.45 bits per heavy atom. The molecule has 2 N–H and O–H groups in total. The minimum atomic E-state index is 0.640. The van der Waals surface area contributed by atoms with Crippen molar-refractivity contribution in [3.8, 4) is 0 Å². The van der Waals surface area contributed by atoms with Crippen LogP contribution in [0, 0.1) is 11.8 Å². The van der Waals surface area contributed by atoms with Gasteiger partial charge in [-0.3, -0.25) is 0 Å². The topological polar surface area (TPSA) is 26.0 Å². The molecule has 0 aromatic carbocycles. The van der Waals surface area contributed by atoms with E-state index >= 15 is 0 Å². The Labute approximate surface area is 70.0 Å². The number of hydrogen-bond acceptors (Lipinski definition) is 1. The van der Waals surface area contributed by atoms with E-state index < -0.39 is 0 Å². The molecule has 0 heterocycles. The average molecular weight is 153 g/mol. The minimum absolute atomic E-state index is 0.640. The number of nitrogens with two attached hydrogens (primary N) is 1. The summed E-state index contributed by atoms with van der Waals surface area (Å²) < 4.78 is 0. The van der Waals surface area contributed by atoms with Crippen molar-refractivity contribution in [2.45, 2.75) is 27.2 Å². The molecule has 0 aliphatic carbocycles. The maximum Gasteiger partial charge on any atom is 0.0237 e. The van der Waals surface area contributed by atoms with Crippen molar-refractivity contribution in [3.63, 3.8) is 0 Å². The highest BCUT2D eigenvalue weighted by Gasteiger charge is 2.03. The molecule has 0 aromatic rings. The zero-order valence-electron chi connectivity index (χ0n) is 7.80. The summed E-state index contributed by atoms with van der Waals surface area (Å²) in [5.74, 6) is 1.47. The molecule has 0 bridgehead atoms. The Balaban J connectivity index is 3.61. The number of allylic oxidation sites excluding steroid dienone is 2.